The normalized spacial score (nSPS) is 27.1. The number of ketones is 1. The third-order valence-electron chi connectivity index (χ3n) is 4.91. The van der Waals surface area contributed by atoms with E-state index in [0.29, 0.717) is 5.78 Å². The number of nitrogens with one attached hydrogen (secondary N) is 1. The lowest BCUT2D eigenvalue weighted by Gasteiger charge is -2.13. The number of benzene rings is 1. The largest absolute Gasteiger partial charge is 0.490 e. The van der Waals surface area contributed by atoms with E-state index >= 15 is 0 Å². The fourth-order valence-corrected chi connectivity index (χ4v) is 3.85. The minimum Gasteiger partial charge on any atom is -0.490 e. The minimum atomic E-state index is 0.104. The fraction of sp³-hybridized carbons (Fsp3) is 0.500. The van der Waals surface area contributed by atoms with E-state index in [4.69, 9.17) is 4.74 Å². The molecule has 0 bridgehead atoms. The number of rotatable bonds is 4. The molecular formula is C18H21NO2. The zero-order valence-electron chi connectivity index (χ0n) is 12.6. The second-order valence-corrected chi connectivity index (χ2v) is 6.84. The first-order valence-electron chi connectivity index (χ1n) is 7.94. The van der Waals surface area contributed by atoms with Crippen LogP contribution < -0.4 is 4.74 Å². The number of ether oxygens (including phenoxy) is 1. The van der Waals surface area contributed by atoms with Crippen LogP contribution in [-0.4, -0.2) is 16.9 Å². The van der Waals surface area contributed by atoms with Gasteiger partial charge in [-0.05, 0) is 57.1 Å². The van der Waals surface area contributed by atoms with Crippen molar-refractivity contribution in [1.82, 2.24) is 4.98 Å². The summed E-state index contributed by atoms with van der Waals surface area (Å²) >= 11 is 0. The maximum absolute atomic E-state index is 12.9. The summed E-state index contributed by atoms with van der Waals surface area (Å²) in [4.78, 5) is 16.1. The number of carbonyl (C=O) groups is 1. The number of H-pyrrole nitrogens is 1. The Bertz CT molecular complexity index is 690. The summed E-state index contributed by atoms with van der Waals surface area (Å²) in [6, 6.07) is 5.93. The van der Waals surface area contributed by atoms with Gasteiger partial charge in [0.2, 0.25) is 0 Å². The molecule has 2 aliphatic rings. The number of Topliss-reactive ketones (excluding diaryl/α,β-unsaturated/α-hetero) is 1. The Morgan fingerprint density at radius 3 is 2.71 bits per heavy atom. The highest BCUT2D eigenvalue weighted by Crippen LogP contribution is 2.55. The molecule has 0 aliphatic heterocycles. The molecule has 0 spiro atoms. The van der Waals surface area contributed by atoms with E-state index < -0.39 is 0 Å². The van der Waals surface area contributed by atoms with Gasteiger partial charge in [-0.1, -0.05) is 6.07 Å². The molecule has 2 atom stereocenters. The molecular weight excluding hydrogens is 262 g/mol. The molecule has 1 aromatic carbocycles. The Hall–Kier alpha value is -1.77. The van der Waals surface area contributed by atoms with Crippen molar-refractivity contribution in [2.45, 2.75) is 39.2 Å². The smallest absolute Gasteiger partial charge is 0.168 e. The lowest BCUT2D eigenvalue weighted by Crippen LogP contribution is -2.13. The van der Waals surface area contributed by atoms with Gasteiger partial charge in [-0.3, -0.25) is 4.79 Å². The van der Waals surface area contributed by atoms with Crippen LogP contribution in [-0.2, 0) is 0 Å². The minimum absolute atomic E-state index is 0.104. The molecule has 110 valence electrons. The summed E-state index contributed by atoms with van der Waals surface area (Å²) in [5, 5.41) is 0.955. The van der Waals surface area contributed by atoms with Gasteiger partial charge in [-0.25, -0.2) is 0 Å². The Labute approximate surface area is 124 Å². The zero-order valence-corrected chi connectivity index (χ0v) is 12.6. The van der Waals surface area contributed by atoms with Gasteiger partial charge in [0.05, 0.1) is 11.5 Å². The van der Waals surface area contributed by atoms with E-state index in [1.165, 1.54) is 6.42 Å². The van der Waals surface area contributed by atoms with Crippen LogP contribution in [0.2, 0.25) is 0 Å². The maximum atomic E-state index is 12.9. The first-order chi connectivity index (χ1) is 10.1. The Morgan fingerprint density at radius 1 is 1.24 bits per heavy atom. The van der Waals surface area contributed by atoms with E-state index in [1.807, 2.05) is 38.2 Å². The predicted octanol–water partition coefficient (Wildman–Crippen LogP) is 4.18. The molecule has 3 heteroatoms. The topological polar surface area (TPSA) is 42.1 Å². The van der Waals surface area contributed by atoms with Crippen molar-refractivity contribution in [3.63, 3.8) is 0 Å². The summed E-state index contributed by atoms with van der Waals surface area (Å²) in [6.07, 6.45) is 5.49. The summed E-state index contributed by atoms with van der Waals surface area (Å²) in [5.74, 6) is 2.99. The summed E-state index contributed by atoms with van der Waals surface area (Å²) in [5.41, 5.74) is 1.80. The number of hydrogen-bond donors (Lipinski definition) is 1. The van der Waals surface area contributed by atoms with E-state index in [9.17, 15) is 4.79 Å². The molecule has 1 aromatic heterocycles. The van der Waals surface area contributed by atoms with Gasteiger partial charge < -0.3 is 9.72 Å². The van der Waals surface area contributed by atoms with E-state index in [2.05, 4.69) is 4.98 Å². The Morgan fingerprint density at radius 2 is 2.00 bits per heavy atom. The van der Waals surface area contributed by atoms with Crippen LogP contribution in [0.5, 0.6) is 5.75 Å². The third-order valence-corrected chi connectivity index (χ3v) is 4.91. The lowest BCUT2D eigenvalue weighted by molar-refractivity contribution is 0.0916. The molecule has 2 aliphatic carbocycles. The van der Waals surface area contributed by atoms with Gasteiger partial charge in [-0.15, -0.1) is 0 Å². The molecule has 1 heterocycles. The Balaban J connectivity index is 1.72. The first-order valence-corrected chi connectivity index (χ1v) is 7.94. The molecule has 0 saturated heterocycles. The summed E-state index contributed by atoms with van der Waals surface area (Å²) in [6.45, 7) is 4.02. The molecule has 21 heavy (non-hydrogen) atoms. The fourth-order valence-electron chi connectivity index (χ4n) is 3.85. The van der Waals surface area contributed by atoms with Crippen molar-refractivity contribution in [2.24, 2.45) is 17.8 Å². The number of carbonyl (C=O) groups excluding carboxylic acids is 1. The Kier molecular flexibility index (Phi) is 2.84. The molecule has 2 saturated carbocycles. The van der Waals surface area contributed by atoms with Gasteiger partial charge in [0.25, 0.3) is 0 Å². The van der Waals surface area contributed by atoms with E-state index in [-0.39, 0.29) is 12.0 Å². The van der Waals surface area contributed by atoms with Gasteiger partial charge in [0.1, 0.15) is 5.75 Å². The van der Waals surface area contributed by atoms with E-state index in [1.54, 1.807) is 0 Å². The van der Waals surface area contributed by atoms with Crippen LogP contribution in [0.1, 0.15) is 43.5 Å². The van der Waals surface area contributed by atoms with Crippen molar-refractivity contribution >= 4 is 16.7 Å². The van der Waals surface area contributed by atoms with E-state index in [0.717, 1.165) is 46.9 Å². The molecule has 4 rings (SSSR count). The molecule has 0 amide bonds. The predicted molar refractivity (Wildman–Crippen MR) is 82.7 cm³/mol. The highest BCUT2D eigenvalue weighted by atomic mass is 16.5. The van der Waals surface area contributed by atoms with Crippen LogP contribution >= 0.6 is 0 Å². The molecule has 0 radical (unpaired) electrons. The van der Waals surface area contributed by atoms with Crippen molar-refractivity contribution in [3.05, 3.63) is 30.0 Å². The number of fused-ring (bicyclic) bond motifs is 2. The average Bonchev–Trinajstić information content (AvgIpc) is 2.88. The molecule has 3 nitrogen and oxygen atoms in total. The van der Waals surface area contributed by atoms with Gasteiger partial charge in [0, 0.05) is 23.2 Å². The van der Waals surface area contributed by atoms with Crippen LogP contribution in [0.25, 0.3) is 10.9 Å². The number of hydrogen-bond acceptors (Lipinski definition) is 2. The standard InChI is InChI=1S/C18H21NO2/c1-10(2)21-16-5-3-4-15-17(16)14(9-19-15)18(20)13-7-11-6-12(11)8-13/h3-5,9-13,19H,6-8H2,1-2H3. The second-order valence-electron chi connectivity index (χ2n) is 6.84. The van der Waals surface area contributed by atoms with Crippen molar-refractivity contribution < 1.29 is 9.53 Å². The van der Waals surface area contributed by atoms with Crippen molar-refractivity contribution in [2.75, 3.05) is 0 Å². The highest BCUT2D eigenvalue weighted by Gasteiger charge is 2.48. The maximum Gasteiger partial charge on any atom is 0.168 e. The van der Waals surface area contributed by atoms with Crippen LogP contribution in [0, 0.1) is 17.8 Å². The summed E-state index contributed by atoms with van der Waals surface area (Å²) in [7, 11) is 0. The van der Waals surface area contributed by atoms with Gasteiger partial charge >= 0.3 is 0 Å². The van der Waals surface area contributed by atoms with Crippen molar-refractivity contribution in [3.8, 4) is 5.75 Å². The first kappa shape index (κ1) is 12.9. The van der Waals surface area contributed by atoms with Gasteiger partial charge in [-0.2, -0.15) is 0 Å². The SMILES string of the molecule is CC(C)Oc1cccc2[nH]cc(C(=O)C3CC4CC4C3)c12. The third kappa shape index (κ3) is 2.15. The van der Waals surface area contributed by atoms with Crippen LogP contribution in [0.3, 0.4) is 0 Å². The monoisotopic (exact) mass is 283 g/mol. The molecule has 1 N–H and O–H groups in total. The molecule has 2 aromatic rings. The van der Waals surface area contributed by atoms with Crippen molar-refractivity contribution in [1.29, 1.82) is 0 Å². The lowest BCUT2D eigenvalue weighted by atomic mass is 9.93. The molecule has 2 fully saturated rings. The highest BCUT2D eigenvalue weighted by molar-refractivity contribution is 6.11. The second kappa shape index (κ2) is 4.62. The number of aromatic amines is 1. The molecule has 2 unspecified atom stereocenters. The van der Waals surface area contributed by atoms with Crippen LogP contribution in [0.4, 0.5) is 0 Å². The average molecular weight is 283 g/mol. The zero-order chi connectivity index (χ0) is 14.6. The summed E-state index contributed by atoms with van der Waals surface area (Å²) < 4.78 is 5.90. The quantitative estimate of drug-likeness (QED) is 0.855. The van der Waals surface area contributed by atoms with Gasteiger partial charge in [0.15, 0.2) is 5.78 Å². The number of aromatic nitrogens is 1. The van der Waals surface area contributed by atoms with Crippen LogP contribution in [0.15, 0.2) is 24.4 Å².